The van der Waals surface area contributed by atoms with E-state index in [2.05, 4.69) is 10.2 Å². The lowest BCUT2D eigenvalue weighted by molar-refractivity contribution is -0.137. The van der Waals surface area contributed by atoms with Crippen molar-refractivity contribution >= 4 is 28.3 Å². The van der Waals surface area contributed by atoms with E-state index in [4.69, 9.17) is 9.72 Å². The Kier molecular flexibility index (Phi) is 7.45. The Labute approximate surface area is 202 Å². The number of nitrogens with one attached hydrogen (secondary N) is 1. The van der Waals surface area contributed by atoms with Crippen molar-refractivity contribution in [3.63, 3.8) is 0 Å². The average molecular weight is 487 g/mol. The molecule has 1 aromatic heterocycles. The summed E-state index contributed by atoms with van der Waals surface area (Å²) in [5, 5.41) is 3.81. The first-order valence-corrected chi connectivity index (χ1v) is 11.7. The van der Waals surface area contributed by atoms with Gasteiger partial charge in [0, 0.05) is 44.4 Å². The Bertz CT molecular complexity index is 1180. The van der Waals surface area contributed by atoms with Gasteiger partial charge in [0.25, 0.3) is 5.91 Å². The number of hydrogen-bond acceptors (Lipinski definition) is 5. The second kappa shape index (κ2) is 10.5. The summed E-state index contributed by atoms with van der Waals surface area (Å²) in [6.45, 7) is 4.65. The van der Waals surface area contributed by atoms with Crippen LogP contribution in [0.2, 0.25) is 0 Å². The van der Waals surface area contributed by atoms with E-state index in [1.54, 1.807) is 19.2 Å². The number of halogens is 3. The molecule has 0 aliphatic carbocycles. The van der Waals surface area contributed by atoms with E-state index in [-0.39, 0.29) is 11.9 Å². The van der Waals surface area contributed by atoms with Gasteiger partial charge >= 0.3 is 6.18 Å². The van der Waals surface area contributed by atoms with Crippen LogP contribution in [0.5, 0.6) is 0 Å². The lowest BCUT2D eigenvalue weighted by Gasteiger charge is -2.37. The van der Waals surface area contributed by atoms with Gasteiger partial charge in [-0.05, 0) is 36.8 Å². The predicted octanol–water partition coefficient (Wildman–Crippen LogP) is 4.74. The van der Waals surface area contributed by atoms with Crippen molar-refractivity contribution in [1.82, 2.24) is 10.3 Å². The van der Waals surface area contributed by atoms with Crippen molar-refractivity contribution < 1.29 is 22.7 Å². The fraction of sp³-hybridized carbons (Fsp3) is 0.385. The van der Waals surface area contributed by atoms with Crippen LogP contribution in [0.3, 0.4) is 0 Å². The first-order chi connectivity index (χ1) is 16.8. The molecule has 1 atom stereocenters. The number of nitrogens with zero attached hydrogens (tertiary/aromatic N) is 3. The fourth-order valence-corrected chi connectivity index (χ4v) is 4.31. The molecule has 4 rings (SSSR count). The summed E-state index contributed by atoms with van der Waals surface area (Å²) in [6.07, 6.45) is -3.63. The molecule has 0 radical (unpaired) electrons. The average Bonchev–Trinajstić information content (AvgIpc) is 2.87. The third kappa shape index (κ3) is 5.67. The summed E-state index contributed by atoms with van der Waals surface area (Å²) in [4.78, 5) is 22.0. The van der Waals surface area contributed by atoms with Gasteiger partial charge in [-0.2, -0.15) is 13.2 Å². The molecule has 1 saturated heterocycles. The van der Waals surface area contributed by atoms with Crippen LogP contribution in [-0.4, -0.2) is 56.8 Å². The molecule has 186 valence electrons. The number of amides is 1. The van der Waals surface area contributed by atoms with Crippen molar-refractivity contribution in [1.29, 1.82) is 0 Å². The van der Waals surface area contributed by atoms with Gasteiger partial charge in [0.2, 0.25) is 0 Å². The highest BCUT2D eigenvalue weighted by Gasteiger charge is 2.31. The van der Waals surface area contributed by atoms with Gasteiger partial charge < -0.3 is 19.9 Å². The number of aromatic nitrogens is 1. The predicted molar refractivity (Wildman–Crippen MR) is 131 cm³/mol. The Morgan fingerprint density at radius 1 is 1.06 bits per heavy atom. The summed E-state index contributed by atoms with van der Waals surface area (Å²) < 4.78 is 44.6. The minimum Gasteiger partial charge on any atom is -0.383 e. The second-order valence-electron chi connectivity index (χ2n) is 8.60. The van der Waals surface area contributed by atoms with Gasteiger partial charge in [-0.15, -0.1) is 0 Å². The molecule has 9 heteroatoms. The van der Waals surface area contributed by atoms with E-state index in [1.165, 1.54) is 12.1 Å². The maximum absolute atomic E-state index is 13.2. The number of rotatable bonds is 7. The maximum Gasteiger partial charge on any atom is 0.416 e. The van der Waals surface area contributed by atoms with Crippen LogP contribution in [0.25, 0.3) is 10.9 Å². The summed E-state index contributed by atoms with van der Waals surface area (Å²) in [7, 11) is 1.60. The van der Waals surface area contributed by atoms with Gasteiger partial charge in [-0.1, -0.05) is 31.2 Å². The molecule has 2 aromatic carbocycles. The van der Waals surface area contributed by atoms with E-state index < -0.39 is 11.7 Å². The van der Waals surface area contributed by atoms with Gasteiger partial charge in [0.15, 0.2) is 0 Å². The van der Waals surface area contributed by atoms with Crippen molar-refractivity contribution in [2.45, 2.75) is 25.6 Å². The molecular formula is C26H29F3N4O2. The van der Waals surface area contributed by atoms with Crippen LogP contribution in [0.15, 0.2) is 54.6 Å². The summed E-state index contributed by atoms with van der Waals surface area (Å²) in [6, 6.07) is 14.6. The number of hydrogen-bond donors (Lipinski definition) is 1. The van der Waals surface area contributed by atoms with E-state index in [9.17, 15) is 18.0 Å². The van der Waals surface area contributed by atoms with Crippen LogP contribution < -0.4 is 15.1 Å². The highest BCUT2D eigenvalue weighted by Crippen LogP contribution is 2.32. The number of carbonyl (C=O) groups excluding carboxylic acids is 1. The van der Waals surface area contributed by atoms with Crippen LogP contribution in [0.1, 0.15) is 29.3 Å². The third-order valence-electron chi connectivity index (χ3n) is 6.29. The monoisotopic (exact) mass is 486 g/mol. The summed E-state index contributed by atoms with van der Waals surface area (Å²) >= 11 is 0. The van der Waals surface area contributed by atoms with E-state index in [1.807, 2.05) is 36.1 Å². The zero-order valence-corrected chi connectivity index (χ0v) is 19.8. The zero-order valence-electron chi connectivity index (χ0n) is 19.8. The maximum atomic E-state index is 13.2. The minimum absolute atomic E-state index is 0.0983. The Morgan fingerprint density at radius 2 is 1.77 bits per heavy atom. The molecule has 2 heterocycles. The molecule has 35 heavy (non-hydrogen) atoms. The minimum atomic E-state index is -4.37. The standard InChI is InChI=1S/C26H29F3N4O2/c1-3-19(17-35-2)30-25(34)22-16-24(31-23-10-5-4-9-21(22)23)33-13-11-32(12-14-33)20-8-6-7-18(15-20)26(27,28)29/h4-10,15-16,19H,3,11-14,17H2,1-2H3,(H,30,34). The van der Waals surface area contributed by atoms with E-state index >= 15 is 0 Å². The molecule has 1 aliphatic rings. The van der Waals surface area contributed by atoms with Gasteiger partial charge in [-0.3, -0.25) is 4.79 Å². The molecule has 1 unspecified atom stereocenters. The number of anilines is 2. The largest absolute Gasteiger partial charge is 0.416 e. The first kappa shape index (κ1) is 24.8. The van der Waals surface area contributed by atoms with Crippen LogP contribution in [-0.2, 0) is 10.9 Å². The van der Waals surface area contributed by atoms with E-state index in [0.717, 1.165) is 23.4 Å². The number of carbonyl (C=O) groups is 1. The summed E-state index contributed by atoms with van der Waals surface area (Å²) in [5.74, 6) is 0.494. The fourth-order valence-electron chi connectivity index (χ4n) is 4.31. The number of alkyl halides is 3. The number of piperazine rings is 1. The number of pyridine rings is 1. The van der Waals surface area contributed by atoms with Crippen LogP contribution >= 0.6 is 0 Å². The molecule has 1 aliphatic heterocycles. The Balaban J connectivity index is 1.55. The van der Waals surface area contributed by atoms with Crippen LogP contribution in [0, 0.1) is 0 Å². The quantitative estimate of drug-likeness (QED) is 0.523. The lowest BCUT2D eigenvalue weighted by Crippen LogP contribution is -2.47. The molecule has 1 fully saturated rings. The van der Waals surface area contributed by atoms with Crippen molar-refractivity contribution in [3.05, 3.63) is 65.7 Å². The number of benzene rings is 2. The Hall–Kier alpha value is -3.33. The molecule has 1 N–H and O–H groups in total. The highest BCUT2D eigenvalue weighted by molar-refractivity contribution is 6.07. The number of para-hydroxylation sites is 1. The van der Waals surface area contributed by atoms with Crippen molar-refractivity contribution in [2.75, 3.05) is 49.7 Å². The molecule has 0 spiro atoms. The second-order valence-corrected chi connectivity index (χ2v) is 8.60. The molecule has 0 saturated carbocycles. The number of ether oxygens (including phenoxy) is 1. The smallest absolute Gasteiger partial charge is 0.383 e. The summed E-state index contributed by atoms with van der Waals surface area (Å²) in [5.41, 5.74) is 1.16. The highest BCUT2D eigenvalue weighted by atomic mass is 19.4. The van der Waals surface area contributed by atoms with Gasteiger partial charge in [0.1, 0.15) is 5.82 Å². The van der Waals surface area contributed by atoms with Crippen LogP contribution in [0.4, 0.5) is 24.7 Å². The first-order valence-electron chi connectivity index (χ1n) is 11.7. The third-order valence-corrected chi connectivity index (χ3v) is 6.29. The van der Waals surface area contributed by atoms with Crippen molar-refractivity contribution in [2.24, 2.45) is 0 Å². The topological polar surface area (TPSA) is 57.7 Å². The molecule has 3 aromatic rings. The number of methoxy groups -OCH3 is 1. The van der Waals surface area contributed by atoms with Gasteiger partial charge in [0.05, 0.1) is 29.3 Å². The molecule has 1 amide bonds. The van der Waals surface area contributed by atoms with E-state index in [0.29, 0.717) is 49.9 Å². The molecular weight excluding hydrogens is 457 g/mol. The van der Waals surface area contributed by atoms with Gasteiger partial charge in [-0.25, -0.2) is 4.98 Å². The molecule has 0 bridgehead atoms. The number of fused-ring (bicyclic) bond motifs is 1. The van der Waals surface area contributed by atoms with Crippen molar-refractivity contribution in [3.8, 4) is 0 Å². The SMILES string of the molecule is CCC(COC)NC(=O)c1cc(N2CCN(c3cccc(C(F)(F)F)c3)CC2)nc2ccccc12. The lowest BCUT2D eigenvalue weighted by atomic mass is 10.1. The zero-order chi connectivity index (χ0) is 25.0. The normalized spacial score (nSPS) is 15.3. The molecule has 6 nitrogen and oxygen atoms in total. The Morgan fingerprint density at radius 3 is 2.46 bits per heavy atom.